The molecule has 1 aromatic heterocycles. The van der Waals surface area contributed by atoms with Crippen LogP contribution in [0.4, 0.5) is 0 Å². The summed E-state index contributed by atoms with van der Waals surface area (Å²) in [6, 6.07) is 1.98. The number of thiophene rings is 1. The summed E-state index contributed by atoms with van der Waals surface area (Å²) in [5, 5.41) is 10.7. The molecule has 0 aliphatic heterocycles. The van der Waals surface area contributed by atoms with E-state index in [0.717, 1.165) is 16.9 Å². The number of carbonyl (C=O) groups excluding carboxylic acids is 1. The number of rotatable bonds is 6. The Kier molecular flexibility index (Phi) is 5.58. The predicted octanol–water partition coefficient (Wildman–Crippen LogP) is 2.39. The number of aliphatic carboxylic acids is 1. The summed E-state index contributed by atoms with van der Waals surface area (Å²) in [6.45, 7) is 4.09. The van der Waals surface area contributed by atoms with Crippen LogP contribution < -0.4 is 0 Å². The molecule has 98 valence electrons. The number of amides is 1. The van der Waals surface area contributed by atoms with E-state index in [2.05, 4.69) is 0 Å². The Morgan fingerprint density at radius 2 is 2.22 bits per heavy atom. The monoisotopic (exact) mass is 267 g/mol. The summed E-state index contributed by atoms with van der Waals surface area (Å²) in [5.74, 6) is -1.25. The van der Waals surface area contributed by atoms with E-state index < -0.39 is 5.97 Å². The number of carboxylic acids is 1. The Balaban J connectivity index is 2.69. The van der Waals surface area contributed by atoms with E-state index in [1.807, 2.05) is 25.3 Å². The van der Waals surface area contributed by atoms with Gasteiger partial charge in [-0.1, -0.05) is 6.92 Å². The molecule has 0 saturated heterocycles. The van der Waals surface area contributed by atoms with Crippen LogP contribution in [0, 0.1) is 6.92 Å². The molecule has 0 aromatic carbocycles. The van der Waals surface area contributed by atoms with Crippen molar-refractivity contribution < 1.29 is 14.7 Å². The van der Waals surface area contributed by atoms with Gasteiger partial charge in [0.2, 0.25) is 5.91 Å². The maximum Gasteiger partial charge on any atom is 0.323 e. The quantitative estimate of drug-likeness (QED) is 0.805. The van der Waals surface area contributed by atoms with Crippen LogP contribution in [-0.2, 0) is 9.59 Å². The molecule has 4 nitrogen and oxygen atoms in total. The minimum atomic E-state index is -0.988. The molecular formula is C13H17NO3S. The molecule has 1 amide bonds. The van der Waals surface area contributed by atoms with Gasteiger partial charge in [-0.2, -0.15) is 0 Å². The third-order valence-corrected chi connectivity index (χ3v) is 3.39. The lowest BCUT2D eigenvalue weighted by Gasteiger charge is -2.17. The first kappa shape index (κ1) is 14.4. The lowest BCUT2D eigenvalue weighted by molar-refractivity contribution is -0.142. The van der Waals surface area contributed by atoms with Gasteiger partial charge in [-0.3, -0.25) is 9.59 Å². The molecule has 18 heavy (non-hydrogen) atoms. The lowest BCUT2D eigenvalue weighted by Crippen LogP contribution is -2.35. The number of hydrogen-bond donors (Lipinski definition) is 1. The summed E-state index contributed by atoms with van der Waals surface area (Å²) in [5.41, 5.74) is 1.12. The normalized spacial score (nSPS) is 10.8. The Labute approximate surface area is 111 Å². The first-order chi connectivity index (χ1) is 8.54. The van der Waals surface area contributed by atoms with Crippen LogP contribution in [0.2, 0.25) is 0 Å². The highest BCUT2D eigenvalue weighted by Crippen LogP contribution is 2.17. The summed E-state index contributed by atoms with van der Waals surface area (Å²) in [6.07, 6.45) is 3.93. The zero-order valence-corrected chi connectivity index (χ0v) is 11.4. The first-order valence-electron chi connectivity index (χ1n) is 5.77. The topological polar surface area (TPSA) is 57.6 Å². The van der Waals surface area contributed by atoms with Crippen molar-refractivity contribution in [1.29, 1.82) is 0 Å². The highest BCUT2D eigenvalue weighted by Gasteiger charge is 2.13. The number of carbonyl (C=O) groups is 2. The van der Waals surface area contributed by atoms with E-state index in [1.54, 1.807) is 17.4 Å². The maximum absolute atomic E-state index is 11.9. The van der Waals surface area contributed by atoms with Gasteiger partial charge >= 0.3 is 5.97 Å². The van der Waals surface area contributed by atoms with Crippen molar-refractivity contribution in [2.24, 2.45) is 0 Å². The fraction of sp³-hybridized carbons (Fsp3) is 0.385. The van der Waals surface area contributed by atoms with Crippen LogP contribution >= 0.6 is 11.3 Å². The number of carboxylic acid groups (broad SMARTS) is 1. The zero-order chi connectivity index (χ0) is 13.5. The molecule has 5 heteroatoms. The Morgan fingerprint density at radius 1 is 1.50 bits per heavy atom. The number of nitrogens with zero attached hydrogens (tertiary/aromatic N) is 1. The molecule has 0 fully saturated rings. The van der Waals surface area contributed by atoms with Crippen LogP contribution in [0.1, 0.15) is 23.8 Å². The highest BCUT2D eigenvalue weighted by molar-refractivity contribution is 7.11. The average Bonchev–Trinajstić information content (AvgIpc) is 2.70. The van der Waals surface area contributed by atoms with Crippen molar-refractivity contribution in [1.82, 2.24) is 4.90 Å². The van der Waals surface area contributed by atoms with Crippen molar-refractivity contribution in [3.8, 4) is 0 Å². The van der Waals surface area contributed by atoms with Crippen molar-refractivity contribution >= 4 is 29.3 Å². The van der Waals surface area contributed by atoms with Gasteiger partial charge in [0, 0.05) is 17.5 Å². The third-order valence-electron chi connectivity index (χ3n) is 2.41. The van der Waals surface area contributed by atoms with E-state index in [9.17, 15) is 9.59 Å². The van der Waals surface area contributed by atoms with Gasteiger partial charge in [0.1, 0.15) is 6.54 Å². The second-order valence-corrected chi connectivity index (χ2v) is 4.90. The molecule has 0 aliphatic rings. The smallest absolute Gasteiger partial charge is 0.323 e. The van der Waals surface area contributed by atoms with Gasteiger partial charge in [-0.15, -0.1) is 11.3 Å². The molecular weight excluding hydrogens is 250 g/mol. The summed E-state index contributed by atoms with van der Waals surface area (Å²) < 4.78 is 0. The van der Waals surface area contributed by atoms with Crippen LogP contribution in [-0.4, -0.2) is 35.0 Å². The Hall–Kier alpha value is -1.62. The van der Waals surface area contributed by atoms with Gasteiger partial charge in [0.25, 0.3) is 0 Å². The molecule has 0 atom stereocenters. The van der Waals surface area contributed by atoms with Gasteiger partial charge in [-0.25, -0.2) is 0 Å². The Bertz CT molecular complexity index is 451. The van der Waals surface area contributed by atoms with E-state index in [4.69, 9.17) is 5.11 Å². The molecule has 0 aliphatic carbocycles. The molecule has 0 bridgehead atoms. The van der Waals surface area contributed by atoms with E-state index >= 15 is 0 Å². The zero-order valence-electron chi connectivity index (χ0n) is 10.5. The minimum Gasteiger partial charge on any atom is -0.480 e. The fourth-order valence-corrected chi connectivity index (χ4v) is 2.33. The molecule has 1 rings (SSSR count). The largest absolute Gasteiger partial charge is 0.480 e. The van der Waals surface area contributed by atoms with Gasteiger partial charge in [-0.05, 0) is 36.4 Å². The van der Waals surface area contributed by atoms with E-state index in [-0.39, 0.29) is 12.5 Å². The van der Waals surface area contributed by atoms with Gasteiger partial charge in [0.05, 0.1) is 0 Å². The molecule has 1 aromatic rings. The Morgan fingerprint density at radius 3 is 2.72 bits per heavy atom. The molecule has 0 spiro atoms. The standard InChI is InChI=1S/C13H17NO3S/c1-3-7-14(9-13(16)17)12(15)5-4-11-10(2)6-8-18-11/h4-6,8H,3,7,9H2,1-2H3,(H,16,17)/b5-4+. The fourth-order valence-electron chi connectivity index (χ4n) is 1.51. The van der Waals surface area contributed by atoms with Crippen molar-refractivity contribution in [3.63, 3.8) is 0 Å². The van der Waals surface area contributed by atoms with Crippen molar-refractivity contribution in [3.05, 3.63) is 28.0 Å². The third kappa shape index (κ3) is 4.33. The van der Waals surface area contributed by atoms with Crippen molar-refractivity contribution in [2.75, 3.05) is 13.1 Å². The lowest BCUT2D eigenvalue weighted by atomic mass is 10.2. The van der Waals surface area contributed by atoms with Gasteiger partial charge in [0.15, 0.2) is 0 Å². The average molecular weight is 267 g/mol. The number of aryl methyl sites for hydroxylation is 1. The van der Waals surface area contributed by atoms with Crippen LogP contribution in [0.5, 0.6) is 0 Å². The van der Waals surface area contributed by atoms with Crippen molar-refractivity contribution in [2.45, 2.75) is 20.3 Å². The SMILES string of the molecule is CCCN(CC(=O)O)C(=O)/C=C/c1sccc1C. The summed E-state index contributed by atoms with van der Waals surface area (Å²) in [7, 11) is 0. The molecule has 0 radical (unpaired) electrons. The minimum absolute atomic E-state index is 0.250. The van der Waals surface area contributed by atoms with E-state index in [0.29, 0.717) is 6.54 Å². The second kappa shape index (κ2) is 6.96. The van der Waals surface area contributed by atoms with Gasteiger partial charge < -0.3 is 10.0 Å². The molecule has 1 N–H and O–H groups in total. The maximum atomic E-state index is 11.9. The molecule has 0 saturated carbocycles. The van der Waals surface area contributed by atoms with Crippen LogP contribution in [0.25, 0.3) is 6.08 Å². The van der Waals surface area contributed by atoms with Crippen LogP contribution in [0.15, 0.2) is 17.5 Å². The van der Waals surface area contributed by atoms with Crippen LogP contribution in [0.3, 0.4) is 0 Å². The summed E-state index contributed by atoms with van der Waals surface area (Å²) in [4.78, 5) is 24.9. The number of hydrogen-bond acceptors (Lipinski definition) is 3. The predicted molar refractivity (Wildman–Crippen MR) is 72.6 cm³/mol. The van der Waals surface area contributed by atoms with E-state index in [1.165, 1.54) is 11.0 Å². The molecule has 0 unspecified atom stereocenters. The summed E-state index contributed by atoms with van der Waals surface area (Å²) >= 11 is 1.56. The molecule has 1 heterocycles. The first-order valence-corrected chi connectivity index (χ1v) is 6.65. The highest BCUT2D eigenvalue weighted by atomic mass is 32.1. The second-order valence-electron chi connectivity index (χ2n) is 3.95.